The summed E-state index contributed by atoms with van der Waals surface area (Å²) in [6.07, 6.45) is 1.09. The summed E-state index contributed by atoms with van der Waals surface area (Å²) in [6.45, 7) is 7.74. The van der Waals surface area contributed by atoms with Crippen molar-refractivity contribution < 1.29 is 14.3 Å². The zero-order valence-corrected chi connectivity index (χ0v) is 21.9. The van der Waals surface area contributed by atoms with Crippen LogP contribution in [0.25, 0.3) is 0 Å². The van der Waals surface area contributed by atoms with E-state index in [1.165, 1.54) is 5.57 Å². The fourth-order valence-corrected chi connectivity index (χ4v) is 8.91. The standard InChI is InChI=1S/C29H35N2O3P/c1-22(2)33-28(24-20-21-24)31(30-29(32)34-23(3)4)35(25-14-8-5-9-15-25,26-16-10-6-11-17-26)27-18-12-7-13-19-27/h5-19,22-23,35H,20-21H2,1-4H3,(H,30,32). The SMILES string of the molecule is CC(C)OC(=O)NN(C(OC(C)C)=C1CC1)[PH](c1ccccc1)(c1ccccc1)c1ccccc1. The third kappa shape index (κ3) is 5.52. The number of hydrogen-bond donors (Lipinski definition) is 1. The van der Waals surface area contributed by atoms with Crippen molar-refractivity contribution in [3.05, 3.63) is 102 Å². The molecule has 0 bridgehead atoms. The number of carbonyl (C=O) groups excluding carboxylic acids is 1. The molecule has 1 amide bonds. The molecule has 1 N–H and O–H groups in total. The van der Waals surface area contributed by atoms with Crippen molar-refractivity contribution in [1.29, 1.82) is 0 Å². The van der Waals surface area contributed by atoms with Crippen molar-refractivity contribution in [2.24, 2.45) is 0 Å². The topological polar surface area (TPSA) is 50.8 Å². The zero-order valence-electron chi connectivity index (χ0n) is 20.9. The molecule has 0 aromatic heterocycles. The molecule has 1 aliphatic carbocycles. The van der Waals surface area contributed by atoms with E-state index in [0.717, 1.165) is 34.6 Å². The number of ether oxygens (including phenoxy) is 2. The van der Waals surface area contributed by atoms with Crippen LogP contribution < -0.4 is 21.3 Å². The van der Waals surface area contributed by atoms with Crippen LogP contribution >= 0.6 is 7.41 Å². The van der Waals surface area contributed by atoms with Crippen molar-refractivity contribution in [2.45, 2.75) is 52.7 Å². The molecular weight excluding hydrogens is 455 g/mol. The van der Waals surface area contributed by atoms with Gasteiger partial charge in [0.15, 0.2) is 0 Å². The normalized spacial score (nSPS) is 13.4. The Labute approximate surface area is 209 Å². The molecule has 35 heavy (non-hydrogen) atoms. The molecule has 0 spiro atoms. The van der Waals surface area contributed by atoms with Gasteiger partial charge in [-0.05, 0) is 0 Å². The number of benzene rings is 3. The van der Waals surface area contributed by atoms with Crippen LogP contribution in [0.1, 0.15) is 40.5 Å². The molecule has 0 aliphatic heterocycles. The molecule has 4 rings (SSSR count). The third-order valence-electron chi connectivity index (χ3n) is 5.81. The number of nitrogens with zero attached hydrogens (tertiary/aromatic N) is 1. The Morgan fingerprint density at radius 2 is 1.11 bits per heavy atom. The zero-order chi connectivity index (χ0) is 24.8. The van der Waals surface area contributed by atoms with Crippen LogP contribution in [0.15, 0.2) is 102 Å². The Balaban J connectivity index is 2.05. The minimum atomic E-state index is -3.08. The summed E-state index contributed by atoms with van der Waals surface area (Å²) in [5.74, 6) is 0.726. The second-order valence-electron chi connectivity index (χ2n) is 9.29. The Hall–Kier alpha value is -3.30. The van der Waals surface area contributed by atoms with Gasteiger partial charge < -0.3 is 0 Å². The van der Waals surface area contributed by atoms with E-state index >= 15 is 0 Å². The molecular formula is C29H35N2O3P. The number of allylic oxidation sites excluding steroid dienone is 1. The minimum absolute atomic E-state index is 0.0578. The van der Waals surface area contributed by atoms with Crippen LogP contribution in [0.3, 0.4) is 0 Å². The average Bonchev–Trinajstić information content (AvgIpc) is 3.69. The Morgan fingerprint density at radius 3 is 1.46 bits per heavy atom. The maximum atomic E-state index is 13.2. The van der Waals surface area contributed by atoms with Gasteiger partial charge in [-0.15, -0.1) is 0 Å². The first-order valence-corrected chi connectivity index (χ1v) is 14.2. The number of carbonyl (C=O) groups is 1. The van der Waals surface area contributed by atoms with E-state index in [-0.39, 0.29) is 12.2 Å². The van der Waals surface area contributed by atoms with E-state index in [0.29, 0.717) is 0 Å². The first-order chi connectivity index (χ1) is 16.9. The summed E-state index contributed by atoms with van der Waals surface area (Å²) in [4.78, 5) is 13.2. The van der Waals surface area contributed by atoms with E-state index < -0.39 is 13.5 Å². The van der Waals surface area contributed by atoms with E-state index in [9.17, 15) is 4.79 Å². The Bertz CT molecular complexity index is 1050. The van der Waals surface area contributed by atoms with Gasteiger partial charge in [0.05, 0.1) is 0 Å². The van der Waals surface area contributed by atoms with Gasteiger partial charge in [-0.3, -0.25) is 0 Å². The van der Waals surface area contributed by atoms with Crippen LogP contribution in [0.4, 0.5) is 4.79 Å². The monoisotopic (exact) mass is 490 g/mol. The van der Waals surface area contributed by atoms with Gasteiger partial charge in [0, 0.05) is 0 Å². The molecule has 1 fully saturated rings. The predicted octanol–water partition coefficient (Wildman–Crippen LogP) is 5.41. The van der Waals surface area contributed by atoms with Crippen LogP contribution in [-0.4, -0.2) is 23.1 Å². The summed E-state index contributed by atoms with van der Waals surface area (Å²) in [5, 5.41) is 3.40. The number of nitrogens with one attached hydrogen (secondary N) is 1. The predicted molar refractivity (Wildman–Crippen MR) is 146 cm³/mol. The Morgan fingerprint density at radius 1 is 0.714 bits per heavy atom. The number of amides is 1. The first kappa shape index (κ1) is 24.8. The van der Waals surface area contributed by atoms with Crippen LogP contribution in [0.2, 0.25) is 0 Å². The van der Waals surface area contributed by atoms with Crippen molar-refractivity contribution in [3.8, 4) is 0 Å². The molecule has 6 heteroatoms. The van der Waals surface area contributed by atoms with Gasteiger partial charge in [0.25, 0.3) is 0 Å². The fraction of sp³-hybridized carbons (Fsp3) is 0.276. The van der Waals surface area contributed by atoms with Gasteiger partial charge in [-0.1, -0.05) is 0 Å². The van der Waals surface area contributed by atoms with Gasteiger partial charge in [0.1, 0.15) is 0 Å². The van der Waals surface area contributed by atoms with Crippen molar-refractivity contribution in [2.75, 3.05) is 0 Å². The third-order valence-corrected chi connectivity index (χ3v) is 10.3. The van der Waals surface area contributed by atoms with Gasteiger partial charge >= 0.3 is 209 Å². The quantitative estimate of drug-likeness (QED) is 0.248. The van der Waals surface area contributed by atoms with Gasteiger partial charge in [0.2, 0.25) is 0 Å². The summed E-state index contributed by atoms with van der Waals surface area (Å²) in [6, 6.07) is 31.3. The summed E-state index contributed by atoms with van der Waals surface area (Å²) in [7, 11) is -3.08. The van der Waals surface area contributed by atoms with Crippen LogP contribution in [-0.2, 0) is 9.47 Å². The van der Waals surface area contributed by atoms with Crippen molar-refractivity contribution in [1.82, 2.24) is 10.2 Å². The van der Waals surface area contributed by atoms with Crippen LogP contribution in [0, 0.1) is 0 Å². The number of hydrogen-bond acceptors (Lipinski definition) is 4. The molecule has 0 atom stereocenters. The molecule has 0 unspecified atom stereocenters. The average molecular weight is 491 g/mol. The second-order valence-corrected chi connectivity index (χ2v) is 12.9. The van der Waals surface area contributed by atoms with E-state index in [2.05, 4.69) is 78.2 Å². The second kappa shape index (κ2) is 11.0. The van der Waals surface area contributed by atoms with Crippen LogP contribution in [0.5, 0.6) is 0 Å². The molecule has 0 radical (unpaired) electrons. The molecule has 1 saturated carbocycles. The van der Waals surface area contributed by atoms with Gasteiger partial charge in [-0.25, -0.2) is 0 Å². The maximum absolute atomic E-state index is 13.2. The molecule has 1 aliphatic rings. The number of hydrazine groups is 1. The molecule has 5 nitrogen and oxygen atoms in total. The van der Waals surface area contributed by atoms with Gasteiger partial charge in [-0.2, -0.15) is 0 Å². The van der Waals surface area contributed by atoms with E-state index in [1.54, 1.807) is 0 Å². The number of rotatable bonds is 9. The first-order valence-electron chi connectivity index (χ1n) is 12.3. The molecule has 3 aromatic carbocycles. The molecule has 0 heterocycles. The Kier molecular flexibility index (Phi) is 7.77. The van der Waals surface area contributed by atoms with Crippen molar-refractivity contribution >= 4 is 29.4 Å². The molecule has 3 aromatic rings. The summed E-state index contributed by atoms with van der Waals surface area (Å²) >= 11 is 0. The molecule has 184 valence electrons. The fourth-order valence-electron chi connectivity index (χ4n) is 4.34. The van der Waals surface area contributed by atoms with Crippen molar-refractivity contribution in [3.63, 3.8) is 0 Å². The molecule has 0 saturated heterocycles. The summed E-state index contributed by atoms with van der Waals surface area (Å²) in [5.41, 5.74) is 4.36. The van der Waals surface area contributed by atoms with E-state index in [4.69, 9.17) is 9.47 Å². The van der Waals surface area contributed by atoms with E-state index in [1.807, 2.05) is 50.7 Å². The summed E-state index contributed by atoms with van der Waals surface area (Å²) < 4.78 is 14.1.